The van der Waals surface area contributed by atoms with E-state index in [1.165, 1.54) is 6.20 Å². The minimum Gasteiger partial charge on any atom is -0.394 e. The van der Waals surface area contributed by atoms with E-state index in [0.29, 0.717) is 16.8 Å². The Morgan fingerprint density at radius 3 is 2.74 bits per heavy atom. The van der Waals surface area contributed by atoms with Gasteiger partial charge in [-0.3, -0.25) is 5.10 Å². The molecule has 1 atom stereocenters. The highest BCUT2D eigenvalue weighted by Gasteiger charge is 2.14. The number of aliphatic hydroxyl groups is 1. The van der Waals surface area contributed by atoms with Gasteiger partial charge in [-0.05, 0) is 5.56 Å². The zero-order chi connectivity index (χ0) is 16.1. The number of H-pyrrole nitrogens is 1. The SMILES string of the molecule is OC[C@@H](Nc1nc(Nc2cn[nH]c2)ncc1Cl)c1ccccc1. The molecule has 4 N–H and O–H groups in total. The summed E-state index contributed by atoms with van der Waals surface area (Å²) >= 11 is 6.15. The second-order valence-electron chi connectivity index (χ2n) is 4.79. The molecular weight excluding hydrogens is 316 g/mol. The Hall–Kier alpha value is -2.64. The van der Waals surface area contributed by atoms with E-state index in [2.05, 4.69) is 30.8 Å². The van der Waals surface area contributed by atoms with Gasteiger partial charge in [-0.1, -0.05) is 41.9 Å². The highest BCUT2D eigenvalue weighted by molar-refractivity contribution is 6.32. The van der Waals surface area contributed by atoms with Crippen LogP contribution in [0.2, 0.25) is 5.02 Å². The first kappa shape index (κ1) is 15.3. The van der Waals surface area contributed by atoms with E-state index in [0.717, 1.165) is 11.3 Å². The molecule has 0 amide bonds. The lowest BCUT2D eigenvalue weighted by molar-refractivity contribution is 0.276. The average molecular weight is 331 g/mol. The molecule has 0 saturated carbocycles. The third-order valence-corrected chi connectivity index (χ3v) is 3.47. The van der Waals surface area contributed by atoms with E-state index < -0.39 is 0 Å². The summed E-state index contributed by atoms with van der Waals surface area (Å²) in [6.45, 7) is -0.0885. The summed E-state index contributed by atoms with van der Waals surface area (Å²) in [5.41, 5.74) is 1.68. The molecule has 0 bridgehead atoms. The lowest BCUT2D eigenvalue weighted by Crippen LogP contribution is -2.16. The van der Waals surface area contributed by atoms with Crippen molar-refractivity contribution in [3.05, 3.63) is 59.5 Å². The number of aliphatic hydroxyl groups excluding tert-OH is 1. The van der Waals surface area contributed by atoms with Crippen LogP contribution >= 0.6 is 11.6 Å². The largest absolute Gasteiger partial charge is 0.394 e. The van der Waals surface area contributed by atoms with Crippen LogP contribution < -0.4 is 10.6 Å². The monoisotopic (exact) mass is 330 g/mol. The molecule has 0 fully saturated rings. The van der Waals surface area contributed by atoms with Gasteiger partial charge in [0.25, 0.3) is 0 Å². The van der Waals surface area contributed by atoms with Crippen molar-refractivity contribution in [3.63, 3.8) is 0 Å². The summed E-state index contributed by atoms with van der Waals surface area (Å²) in [4.78, 5) is 8.46. The van der Waals surface area contributed by atoms with Crippen molar-refractivity contribution in [2.75, 3.05) is 17.2 Å². The number of nitrogens with one attached hydrogen (secondary N) is 3. The fraction of sp³-hybridized carbons (Fsp3) is 0.133. The second kappa shape index (κ2) is 7.08. The molecule has 2 heterocycles. The Labute approximate surface area is 137 Å². The van der Waals surface area contributed by atoms with E-state index in [1.807, 2.05) is 30.3 Å². The van der Waals surface area contributed by atoms with E-state index >= 15 is 0 Å². The first-order valence-corrected chi connectivity index (χ1v) is 7.34. The van der Waals surface area contributed by atoms with Crippen molar-refractivity contribution in [2.45, 2.75) is 6.04 Å². The molecule has 0 spiro atoms. The van der Waals surface area contributed by atoms with E-state index in [-0.39, 0.29) is 12.6 Å². The Kier molecular flexibility index (Phi) is 4.70. The Bertz CT molecular complexity index is 750. The van der Waals surface area contributed by atoms with Crippen LogP contribution in [0.5, 0.6) is 0 Å². The molecule has 118 valence electrons. The number of nitrogens with zero attached hydrogens (tertiary/aromatic N) is 3. The number of halogens is 1. The number of hydrogen-bond acceptors (Lipinski definition) is 6. The van der Waals surface area contributed by atoms with Crippen LogP contribution in [0.25, 0.3) is 0 Å². The molecule has 3 rings (SSSR count). The van der Waals surface area contributed by atoms with Gasteiger partial charge in [0, 0.05) is 6.20 Å². The minimum absolute atomic E-state index is 0.0885. The lowest BCUT2D eigenvalue weighted by atomic mass is 10.1. The average Bonchev–Trinajstić information content (AvgIpc) is 3.09. The summed E-state index contributed by atoms with van der Waals surface area (Å²) in [7, 11) is 0. The van der Waals surface area contributed by atoms with E-state index in [1.54, 1.807) is 12.4 Å². The van der Waals surface area contributed by atoms with Crippen molar-refractivity contribution in [1.82, 2.24) is 20.2 Å². The molecule has 23 heavy (non-hydrogen) atoms. The van der Waals surface area contributed by atoms with Crippen LogP contribution in [0, 0.1) is 0 Å². The van der Waals surface area contributed by atoms with Crippen molar-refractivity contribution in [1.29, 1.82) is 0 Å². The lowest BCUT2D eigenvalue weighted by Gasteiger charge is -2.18. The summed E-state index contributed by atoms with van der Waals surface area (Å²) in [5.74, 6) is 0.818. The molecule has 0 aliphatic carbocycles. The molecular formula is C15H15ClN6O. The van der Waals surface area contributed by atoms with Gasteiger partial charge in [0.1, 0.15) is 5.02 Å². The predicted molar refractivity (Wildman–Crippen MR) is 88.8 cm³/mol. The van der Waals surface area contributed by atoms with Gasteiger partial charge in [-0.25, -0.2) is 4.98 Å². The molecule has 7 nitrogen and oxygen atoms in total. The van der Waals surface area contributed by atoms with Crippen LogP contribution in [0.15, 0.2) is 48.9 Å². The molecule has 2 aromatic heterocycles. The maximum atomic E-state index is 9.63. The van der Waals surface area contributed by atoms with Crippen LogP contribution in [0.4, 0.5) is 17.5 Å². The molecule has 0 saturated heterocycles. The zero-order valence-electron chi connectivity index (χ0n) is 12.1. The number of anilines is 3. The third-order valence-electron chi connectivity index (χ3n) is 3.19. The number of benzene rings is 1. The standard InChI is InChI=1S/C15H15ClN6O/c16-12-8-17-15(20-11-6-18-19-7-11)22-14(12)21-13(9-23)10-4-2-1-3-5-10/h1-8,13,23H,9H2,(H,18,19)(H2,17,20,21,22)/t13-/m1/s1. The molecule has 8 heteroatoms. The molecule has 1 aromatic carbocycles. The number of aromatic nitrogens is 4. The Morgan fingerprint density at radius 2 is 2.04 bits per heavy atom. The summed E-state index contributed by atoms with van der Waals surface area (Å²) in [5, 5.41) is 22.7. The molecule has 0 unspecified atom stereocenters. The van der Waals surface area contributed by atoms with Crippen molar-refractivity contribution in [2.24, 2.45) is 0 Å². The summed E-state index contributed by atoms with van der Waals surface area (Å²) in [6, 6.07) is 9.27. The van der Waals surface area contributed by atoms with Gasteiger partial charge in [-0.2, -0.15) is 10.1 Å². The summed E-state index contributed by atoms with van der Waals surface area (Å²) < 4.78 is 0. The quantitative estimate of drug-likeness (QED) is 0.554. The minimum atomic E-state index is -0.314. The topological polar surface area (TPSA) is 98.7 Å². The van der Waals surface area contributed by atoms with Crippen LogP contribution in [-0.2, 0) is 0 Å². The van der Waals surface area contributed by atoms with E-state index in [9.17, 15) is 5.11 Å². The fourth-order valence-electron chi connectivity index (χ4n) is 2.06. The van der Waals surface area contributed by atoms with Gasteiger partial charge in [0.05, 0.1) is 30.7 Å². The summed E-state index contributed by atoms with van der Waals surface area (Å²) in [6.07, 6.45) is 4.80. The predicted octanol–water partition coefficient (Wildman–Crippen LogP) is 2.74. The Balaban J connectivity index is 1.81. The van der Waals surface area contributed by atoms with Crippen LogP contribution in [-0.4, -0.2) is 31.9 Å². The normalized spacial score (nSPS) is 11.9. The number of hydrogen-bond donors (Lipinski definition) is 4. The molecule has 0 aliphatic rings. The fourth-order valence-corrected chi connectivity index (χ4v) is 2.21. The maximum absolute atomic E-state index is 9.63. The van der Waals surface area contributed by atoms with Crippen LogP contribution in [0.3, 0.4) is 0 Å². The smallest absolute Gasteiger partial charge is 0.229 e. The molecule has 0 aliphatic heterocycles. The second-order valence-corrected chi connectivity index (χ2v) is 5.20. The van der Waals surface area contributed by atoms with Gasteiger partial charge < -0.3 is 15.7 Å². The van der Waals surface area contributed by atoms with Crippen molar-refractivity contribution >= 4 is 29.1 Å². The van der Waals surface area contributed by atoms with Gasteiger partial charge in [0.15, 0.2) is 5.82 Å². The first-order chi connectivity index (χ1) is 11.3. The van der Waals surface area contributed by atoms with Crippen molar-refractivity contribution in [3.8, 4) is 0 Å². The van der Waals surface area contributed by atoms with Gasteiger partial charge >= 0.3 is 0 Å². The van der Waals surface area contributed by atoms with E-state index in [4.69, 9.17) is 11.6 Å². The molecule has 0 radical (unpaired) electrons. The van der Waals surface area contributed by atoms with Gasteiger partial charge in [-0.15, -0.1) is 0 Å². The number of rotatable bonds is 6. The third kappa shape index (κ3) is 3.77. The van der Waals surface area contributed by atoms with Crippen molar-refractivity contribution < 1.29 is 5.11 Å². The first-order valence-electron chi connectivity index (χ1n) is 6.97. The maximum Gasteiger partial charge on any atom is 0.229 e. The van der Waals surface area contributed by atoms with Crippen LogP contribution in [0.1, 0.15) is 11.6 Å². The van der Waals surface area contributed by atoms with Gasteiger partial charge in [0.2, 0.25) is 5.95 Å². The highest BCUT2D eigenvalue weighted by atomic mass is 35.5. The number of aromatic amines is 1. The Morgan fingerprint density at radius 1 is 1.22 bits per heavy atom. The zero-order valence-corrected chi connectivity index (χ0v) is 12.8. The molecule has 3 aromatic rings. The highest BCUT2D eigenvalue weighted by Crippen LogP contribution is 2.25.